The van der Waals surface area contributed by atoms with Gasteiger partial charge in [0.25, 0.3) is 5.91 Å². The molecule has 1 amide bonds. The number of amides is 1. The van der Waals surface area contributed by atoms with Crippen LogP contribution in [-0.2, 0) is 0 Å². The SMILES string of the molecule is Cc1ccc(C)c(C(=O)N2CCCC2CCCCl)c1. The lowest BCUT2D eigenvalue weighted by Gasteiger charge is -2.25. The monoisotopic (exact) mass is 279 g/mol. The smallest absolute Gasteiger partial charge is 0.254 e. The molecule has 19 heavy (non-hydrogen) atoms. The van der Waals surface area contributed by atoms with Gasteiger partial charge in [-0.25, -0.2) is 0 Å². The maximum atomic E-state index is 12.7. The van der Waals surface area contributed by atoms with Gasteiger partial charge in [0, 0.05) is 24.0 Å². The van der Waals surface area contributed by atoms with Crippen molar-refractivity contribution < 1.29 is 4.79 Å². The summed E-state index contributed by atoms with van der Waals surface area (Å²) in [5.74, 6) is 0.875. The highest BCUT2D eigenvalue weighted by Crippen LogP contribution is 2.25. The van der Waals surface area contributed by atoms with Gasteiger partial charge in [-0.3, -0.25) is 4.79 Å². The summed E-state index contributed by atoms with van der Waals surface area (Å²) >= 11 is 5.77. The minimum Gasteiger partial charge on any atom is -0.336 e. The molecule has 0 aliphatic carbocycles. The van der Waals surface area contributed by atoms with E-state index in [1.165, 1.54) is 0 Å². The van der Waals surface area contributed by atoms with Crippen LogP contribution < -0.4 is 0 Å². The normalized spacial score (nSPS) is 18.9. The standard InChI is InChI=1S/C16H22ClNO/c1-12-7-8-13(2)15(11-12)16(19)18-10-4-6-14(18)5-3-9-17/h7-8,11,14H,3-6,9-10H2,1-2H3. The fraction of sp³-hybridized carbons (Fsp3) is 0.562. The molecule has 1 heterocycles. The van der Waals surface area contributed by atoms with Gasteiger partial charge < -0.3 is 4.90 Å². The predicted octanol–water partition coefficient (Wildman–Crippen LogP) is 3.93. The van der Waals surface area contributed by atoms with Crippen LogP contribution in [0.5, 0.6) is 0 Å². The zero-order valence-corrected chi connectivity index (χ0v) is 12.5. The number of halogens is 1. The lowest BCUT2D eigenvalue weighted by Crippen LogP contribution is -2.36. The highest BCUT2D eigenvalue weighted by Gasteiger charge is 2.29. The maximum absolute atomic E-state index is 12.7. The molecule has 2 rings (SSSR count). The Kier molecular flexibility index (Phi) is 4.87. The van der Waals surface area contributed by atoms with E-state index in [9.17, 15) is 4.79 Å². The first-order valence-corrected chi connectivity index (χ1v) is 7.61. The van der Waals surface area contributed by atoms with Crippen molar-refractivity contribution >= 4 is 17.5 Å². The van der Waals surface area contributed by atoms with Crippen LogP contribution in [0.15, 0.2) is 18.2 Å². The number of alkyl halides is 1. The van der Waals surface area contributed by atoms with Gasteiger partial charge >= 0.3 is 0 Å². The van der Waals surface area contributed by atoms with Crippen LogP contribution in [0.3, 0.4) is 0 Å². The summed E-state index contributed by atoms with van der Waals surface area (Å²) in [5.41, 5.74) is 3.07. The number of carbonyl (C=O) groups excluding carboxylic acids is 1. The van der Waals surface area contributed by atoms with Crippen molar-refractivity contribution in [3.63, 3.8) is 0 Å². The van der Waals surface area contributed by atoms with Crippen LogP contribution in [0.4, 0.5) is 0 Å². The van der Waals surface area contributed by atoms with E-state index in [1.54, 1.807) is 0 Å². The van der Waals surface area contributed by atoms with Crippen molar-refractivity contribution in [2.75, 3.05) is 12.4 Å². The molecule has 1 aliphatic rings. The van der Waals surface area contributed by atoms with E-state index in [0.717, 1.165) is 48.9 Å². The van der Waals surface area contributed by atoms with E-state index in [4.69, 9.17) is 11.6 Å². The molecule has 1 saturated heterocycles. The highest BCUT2D eigenvalue weighted by molar-refractivity contribution is 6.17. The first-order valence-electron chi connectivity index (χ1n) is 7.07. The Labute approximate surface area is 120 Å². The summed E-state index contributed by atoms with van der Waals surface area (Å²) < 4.78 is 0. The molecular weight excluding hydrogens is 258 g/mol. The molecule has 0 aromatic heterocycles. The van der Waals surface area contributed by atoms with Crippen molar-refractivity contribution in [3.8, 4) is 0 Å². The van der Waals surface area contributed by atoms with Gasteiger partial charge in [0.15, 0.2) is 0 Å². The summed E-state index contributed by atoms with van der Waals surface area (Å²) in [7, 11) is 0. The Morgan fingerprint density at radius 3 is 2.95 bits per heavy atom. The molecule has 0 bridgehead atoms. The number of nitrogens with zero attached hydrogens (tertiary/aromatic N) is 1. The van der Waals surface area contributed by atoms with Crippen LogP contribution in [0.1, 0.15) is 47.2 Å². The number of aryl methyl sites for hydroxylation is 2. The van der Waals surface area contributed by atoms with Crippen LogP contribution in [-0.4, -0.2) is 29.3 Å². The summed E-state index contributed by atoms with van der Waals surface area (Å²) in [6, 6.07) is 6.48. The summed E-state index contributed by atoms with van der Waals surface area (Å²) in [6.07, 6.45) is 4.25. The van der Waals surface area contributed by atoms with Gasteiger partial charge in [-0.15, -0.1) is 11.6 Å². The van der Waals surface area contributed by atoms with Crippen molar-refractivity contribution in [1.29, 1.82) is 0 Å². The van der Waals surface area contributed by atoms with Gasteiger partial charge in [-0.05, 0) is 51.2 Å². The van der Waals surface area contributed by atoms with E-state index < -0.39 is 0 Å². The van der Waals surface area contributed by atoms with E-state index >= 15 is 0 Å². The third-order valence-corrected chi connectivity index (χ3v) is 4.20. The Balaban J connectivity index is 2.16. The second-order valence-electron chi connectivity index (χ2n) is 5.44. The molecule has 0 radical (unpaired) electrons. The zero-order chi connectivity index (χ0) is 13.8. The number of benzene rings is 1. The molecule has 3 heteroatoms. The van der Waals surface area contributed by atoms with Crippen LogP contribution in [0, 0.1) is 13.8 Å². The van der Waals surface area contributed by atoms with E-state index in [1.807, 2.05) is 30.9 Å². The van der Waals surface area contributed by atoms with Crippen molar-refractivity contribution in [2.45, 2.75) is 45.6 Å². The summed E-state index contributed by atoms with van der Waals surface area (Å²) in [5, 5.41) is 0. The van der Waals surface area contributed by atoms with Crippen molar-refractivity contribution in [3.05, 3.63) is 34.9 Å². The minimum absolute atomic E-state index is 0.193. The quantitative estimate of drug-likeness (QED) is 0.765. The third-order valence-electron chi connectivity index (χ3n) is 3.93. The zero-order valence-electron chi connectivity index (χ0n) is 11.8. The van der Waals surface area contributed by atoms with Crippen molar-refractivity contribution in [1.82, 2.24) is 4.90 Å². The Morgan fingerprint density at radius 1 is 1.42 bits per heavy atom. The van der Waals surface area contributed by atoms with Crippen LogP contribution in [0.25, 0.3) is 0 Å². The molecule has 104 valence electrons. The van der Waals surface area contributed by atoms with Crippen LogP contribution in [0.2, 0.25) is 0 Å². The van der Waals surface area contributed by atoms with Gasteiger partial charge in [-0.1, -0.05) is 17.7 Å². The number of carbonyl (C=O) groups is 1. The number of hydrogen-bond acceptors (Lipinski definition) is 1. The molecule has 1 aliphatic heterocycles. The van der Waals surface area contributed by atoms with Gasteiger partial charge in [0.05, 0.1) is 0 Å². The molecule has 2 nitrogen and oxygen atoms in total. The fourth-order valence-electron chi connectivity index (χ4n) is 2.84. The first-order chi connectivity index (χ1) is 9.13. The third kappa shape index (κ3) is 3.30. The molecule has 0 N–H and O–H groups in total. The van der Waals surface area contributed by atoms with E-state index in [-0.39, 0.29) is 5.91 Å². The van der Waals surface area contributed by atoms with E-state index in [2.05, 4.69) is 6.07 Å². The average molecular weight is 280 g/mol. The number of hydrogen-bond donors (Lipinski definition) is 0. The molecule has 1 atom stereocenters. The molecule has 0 saturated carbocycles. The fourth-order valence-corrected chi connectivity index (χ4v) is 2.99. The maximum Gasteiger partial charge on any atom is 0.254 e. The Morgan fingerprint density at radius 2 is 2.21 bits per heavy atom. The summed E-state index contributed by atoms with van der Waals surface area (Å²) in [4.78, 5) is 14.7. The Hall–Kier alpha value is -1.02. The predicted molar refractivity (Wildman–Crippen MR) is 79.9 cm³/mol. The lowest BCUT2D eigenvalue weighted by atomic mass is 10.0. The molecule has 1 aromatic rings. The molecule has 1 aromatic carbocycles. The molecule has 0 spiro atoms. The van der Waals surface area contributed by atoms with Gasteiger partial charge in [0.2, 0.25) is 0 Å². The second-order valence-corrected chi connectivity index (χ2v) is 5.82. The minimum atomic E-state index is 0.193. The largest absolute Gasteiger partial charge is 0.336 e. The highest BCUT2D eigenvalue weighted by atomic mass is 35.5. The van der Waals surface area contributed by atoms with Gasteiger partial charge in [-0.2, -0.15) is 0 Å². The molecular formula is C16H22ClNO. The van der Waals surface area contributed by atoms with Crippen LogP contribution >= 0.6 is 11.6 Å². The van der Waals surface area contributed by atoms with Gasteiger partial charge in [0.1, 0.15) is 0 Å². The first kappa shape index (κ1) is 14.4. The average Bonchev–Trinajstić information content (AvgIpc) is 2.86. The number of likely N-dealkylation sites (tertiary alicyclic amines) is 1. The van der Waals surface area contributed by atoms with E-state index in [0.29, 0.717) is 11.9 Å². The molecule has 1 unspecified atom stereocenters. The molecule has 1 fully saturated rings. The lowest BCUT2D eigenvalue weighted by molar-refractivity contribution is 0.0729. The second kappa shape index (κ2) is 6.42. The van der Waals surface area contributed by atoms with Crippen molar-refractivity contribution in [2.24, 2.45) is 0 Å². The topological polar surface area (TPSA) is 20.3 Å². The summed E-state index contributed by atoms with van der Waals surface area (Å²) in [6.45, 7) is 4.93. The number of rotatable bonds is 4. The Bertz CT molecular complexity index is 458.